The first kappa shape index (κ1) is 12.8. The van der Waals surface area contributed by atoms with Crippen LogP contribution in [-0.4, -0.2) is 27.0 Å². The molecule has 100 valence electrons. The number of benzene rings is 1. The van der Waals surface area contributed by atoms with Crippen LogP contribution in [0.3, 0.4) is 0 Å². The van der Waals surface area contributed by atoms with Gasteiger partial charge in [0.1, 0.15) is 0 Å². The van der Waals surface area contributed by atoms with Gasteiger partial charge in [0.05, 0.1) is 12.3 Å². The van der Waals surface area contributed by atoms with Crippen LogP contribution in [0.25, 0.3) is 5.69 Å². The van der Waals surface area contributed by atoms with Crippen LogP contribution in [0, 0.1) is 0 Å². The molecule has 2 aromatic rings. The molecule has 0 aliphatic heterocycles. The Morgan fingerprint density at radius 1 is 1.16 bits per heavy atom. The highest BCUT2D eigenvalue weighted by molar-refractivity contribution is 7.99. The fourth-order valence-electron chi connectivity index (χ4n) is 2.59. The van der Waals surface area contributed by atoms with Crippen molar-refractivity contribution in [2.45, 2.75) is 30.8 Å². The molecular weight excluding hydrogens is 256 g/mol. The van der Waals surface area contributed by atoms with Crippen molar-refractivity contribution in [2.75, 3.05) is 12.4 Å². The first-order valence-corrected chi connectivity index (χ1v) is 7.78. The van der Waals surface area contributed by atoms with Crippen LogP contribution in [0.4, 0.5) is 0 Å². The van der Waals surface area contributed by atoms with E-state index in [1.54, 1.807) is 11.8 Å². The quantitative estimate of drug-likeness (QED) is 0.871. The van der Waals surface area contributed by atoms with E-state index in [1.807, 2.05) is 6.07 Å². The topological polar surface area (TPSA) is 38.1 Å². The van der Waals surface area contributed by atoms with Crippen molar-refractivity contribution in [1.82, 2.24) is 9.55 Å². The normalized spacial score (nSPS) is 14.4. The lowest BCUT2D eigenvalue weighted by Crippen LogP contribution is -2.07. The summed E-state index contributed by atoms with van der Waals surface area (Å²) in [7, 11) is 0. The van der Waals surface area contributed by atoms with E-state index in [9.17, 15) is 0 Å². The summed E-state index contributed by atoms with van der Waals surface area (Å²) in [5, 5.41) is 10.1. The average molecular weight is 274 g/mol. The number of nitrogens with zero attached hydrogens (tertiary/aromatic N) is 2. The van der Waals surface area contributed by atoms with Crippen molar-refractivity contribution < 1.29 is 5.11 Å². The molecule has 1 aromatic carbocycles. The molecule has 19 heavy (non-hydrogen) atoms. The van der Waals surface area contributed by atoms with Gasteiger partial charge in [0.15, 0.2) is 5.16 Å². The monoisotopic (exact) mass is 274 g/mol. The standard InChI is InChI=1S/C15H18N2OS/c18-10-11-19-15-16-13-8-4-5-9-14(13)17(15)12-6-2-1-3-7-12/h1-3,6-7,18H,4-5,8-11H2. The van der Waals surface area contributed by atoms with Crippen LogP contribution in [0.1, 0.15) is 24.2 Å². The second-order valence-electron chi connectivity index (χ2n) is 4.74. The molecule has 3 nitrogen and oxygen atoms in total. The van der Waals surface area contributed by atoms with Crippen molar-refractivity contribution in [3.63, 3.8) is 0 Å². The van der Waals surface area contributed by atoms with Crippen molar-refractivity contribution in [2.24, 2.45) is 0 Å². The average Bonchev–Trinajstić information content (AvgIpc) is 2.84. The smallest absolute Gasteiger partial charge is 0.173 e. The molecule has 0 radical (unpaired) electrons. The maximum atomic E-state index is 9.03. The minimum atomic E-state index is 0.191. The number of fused-ring (bicyclic) bond motifs is 1. The molecule has 1 aliphatic rings. The zero-order valence-corrected chi connectivity index (χ0v) is 11.7. The third-order valence-electron chi connectivity index (χ3n) is 3.44. The molecule has 0 atom stereocenters. The third kappa shape index (κ3) is 2.55. The molecule has 0 spiro atoms. The molecule has 3 rings (SSSR count). The second-order valence-corrected chi connectivity index (χ2v) is 5.80. The van der Waals surface area contributed by atoms with Gasteiger partial charge in [0.2, 0.25) is 0 Å². The van der Waals surface area contributed by atoms with E-state index < -0.39 is 0 Å². The van der Waals surface area contributed by atoms with Gasteiger partial charge in [0.25, 0.3) is 0 Å². The van der Waals surface area contributed by atoms with E-state index in [-0.39, 0.29) is 6.61 Å². The number of aromatic nitrogens is 2. The largest absolute Gasteiger partial charge is 0.396 e. The summed E-state index contributed by atoms with van der Waals surface area (Å²) in [4.78, 5) is 4.78. The number of para-hydroxylation sites is 1. The Morgan fingerprint density at radius 3 is 2.74 bits per heavy atom. The molecule has 0 unspecified atom stereocenters. The highest BCUT2D eigenvalue weighted by Gasteiger charge is 2.20. The fraction of sp³-hybridized carbons (Fsp3) is 0.400. The van der Waals surface area contributed by atoms with Crippen LogP contribution in [0.5, 0.6) is 0 Å². The summed E-state index contributed by atoms with van der Waals surface area (Å²) >= 11 is 1.64. The predicted molar refractivity (Wildman–Crippen MR) is 78.0 cm³/mol. The van der Waals surface area contributed by atoms with Crippen LogP contribution < -0.4 is 0 Å². The van der Waals surface area contributed by atoms with Crippen molar-refractivity contribution >= 4 is 11.8 Å². The van der Waals surface area contributed by atoms with Gasteiger partial charge in [-0.15, -0.1) is 0 Å². The van der Waals surface area contributed by atoms with Crippen molar-refractivity contribution in [1.29, 1.82) is 0 Å². The van der Waals surface area contributed by atoms with Crippen LogP contribution >= 0.6 is 11.8 Å². The molecule has 4 heteroatoms. The van der Waals surface area contributed by atoms with Crippen molar-refractivity contribution in [3.8, 4) is 5.69 Å². The minimum absolute atomic E-state index is 0.191. The number of thioether (sulfide) groups is 1. The summed E-state index contributed by atoms with van der Waals surface area (Å²) in [5.74, 6) is 0.697. The first-order chi connectivity index (χ1) is 9.40. The highest BCUT2D eigenvalue weighted by atomic mass is 32.2. The molecule has 1 N–H and O–H groups in total. The Balaban J connectivity index is 2.06. The summed E-state index contributed by atoms with van der Waals surface area (Å²) in [6.45, 7) is 0.191. The lowest BCUT2D eigenvalue weighted by atomic mass is 10.0. The van der Waals surface area contributed by atoms with Gasteiger partial charge in [-0.2, -0.15) is 0 Å². The maximum Gasteiger partial charge on any atom is 0.173 e. The maximum absolute atomic E-state index is 9.03. The number of hydrogen-bond acceptors (Lipinski definition) is 3. The number of aryl methyl sites for hydroxylation is 1. The Morgan fingerprint density at radius 2 is 1.95 bits per heavy atom. The molecule has 1 aromatic heterocycles. The zero-order chi connectivity index (χ0) is 13.1. The number of hydrogen-bond donors (Lipinski definition) is 1. The van der Waals surface area contributed by atoms with Crippen molar-refractivity contribution in [3.05, 3.63) is 41.7 Å². The second kappa shape index (κ2) is 5.80. The van der Waals surface area contributed by atoms with E-state index in [0.717, 1.165) is 18.0 Å². The molecule has 0 bridgehead atoms. The zero-order valence-electron chi connectivity index (χ0n) is 10.9. The Labute approximate surface area is 117 Å². The van der Waals surface area contributed by atoms with Gasteiger partial charge in [-0.05, 0) is 37.8 Å². The minimum Gasteiger partial charge on any atom is -0.396 e. The SMILES string of the molecule is OCCSc1nc2c(n1-c1ccccc1)CCCC2. The fourth-order valence-corrected chi connectivity index (χ4v) is 3.39. The van der Waals surface area contributed by atoms with Crippen LogP contribution in [-0.2, 0) is 12.8 Å². The van der Waals surface area contributed by atoms with E-state index >= 15 is 0 Å². The van der Waals surface area contributed by atoms with Gasteiger partial charge in [-0.1, -0.05) is 30.0 Å². The molecule has 0 saturated carbocycles. The van der Waals surface area contributed by atoms with Gasteiger partial charge < -0.3 is 5.11 Å². The molecular formula is C15H18N2OS. The Hall–Kier alpha value is -1.26. The number of rotatable bonds is 4. The van der Waals surface area contributed by atoms with Gasteiger partial charge in [-0.25, -0.2) is 4.98 Å². The summed E-state index contributed by atoms with van der Waals surface area (Å²) in [5.41, 5.74) is 3.78. The number of aliphatic hydroxyl groups is 1. The van der Waals surface area contributed by atoms with Gasteiger partial charge in [-0.3, -0.25) is 4.57 Å². The molecule has 1 aliphatic carbocycles. The van der Waals surface area contributed by atoms with Crippen LogP contribution in [0.15, 0.2) is 35.5 Å². The first-order valence-electron chi connectivity index (χ1n) is 6.79. The van der Waals surface area contributed by atoms with Gasteiger partial charge >= 0.3 is 0 Å². The lowest BCUT2D eigenvalue weighted by Gasteiger charge is -2.15. The molecule has 0 saturated heterocycles. The predicted octanol–water partition coefficient (Wildman–Crippen LogP) is 2.84. The van der Waals surface area contributed by atoms with Crippen LogP contribution in [0.2, 0.25) is 0 Å². The summed E-state index contributed by atoms with van der Waals surface area (Å²) < 4.78 is 2.27. The Kier molecular flexibility index (Phi) is 3.89. The van der Waals surface area contributed by atoms with E-state index in [0.29, 0.717) is 5.75 Å². The van der Waals surface area contributed by atoms with Gasteiger partial charge in [0, 0.05) is 17.1 Å². The van der Waals surface area contributed by atoms with E-state index in [1.165, 1.54) is 29.9 Å². The third-order valence-corrected chi connectivity index (χ3v) is 4.36. The summed E-state index contributed by atoms with van der Waals surface area (Å²) in [6, 6.07) is 10.4. The number of imidazole rings is 1. The highest BCUT2D eigenvalue weighted by Crippen LogP contribution is 2.30. The molecule has 0 amide bonds. The lowest BCUT2D eigenvalue weighted by molar-refractivity contribution is 0.322. The Bertz CT molecular complexity index is 551. The van der Waals surface area contributed by atoms with E-state index in [2.05, 4.69) is 28.8 Å². The number of aliphatic hydroxyl groups excluding tert-OH is 1. The summed E-state index contributed by atoms with van der Waals surface area (Å²) in [6.07, 6.45) is 4.68. The molecule has 1 heterocycles. The van der Waals surface area contributed by atoms with E-state index in [4.69, 9.17) is 10.1 Å². The molecule has 0 fully saturated rings.